The number of nitrogens with one attached hydrogen (secondary N) is 1. The molecule has 0 radical (unpaired) electrons. The second-order valence-electron chi connectivity index (χ2n) is 10.1. The van der Waals surface area contributed by atoms with Gasteiger partial charge in [0.05, 0.1) is 23.5 Å². The maximum absolute atomic E-state index is 14.2. The molecule has 192 valence electrons. The lowest BCUT2D eigenvalue weighted by Crippen LogP contribution is -2.32. The van der Waals surface area contributed by atoms with Crippen molar-refractivity contribution in [3.05, 3.63) is 65.0 Å². The normalized spacial score (nSPS) is 18.4. The maximum atomic E-state index is 14.2. The number of nitrogens with zero attached hydrogens (tertiary/aromatic N) is 1. The molecule has 0 spiro atoms. The van der Waals surface area contributed by atoms with Crippen LogP contribution in [0.2, 0.25) is 0 Å². The van der Waals surface area contributed by atoms with Crippen molar-refractivity contribution >= 4 is 21.8 Å². The molecule has 9 heteroatoms. The molecular weight excluding hydrogens is 483 g/mol. The van der Waals surface area contributed by atoms with Crippen LogP contribution in [-0.2, 0) is 10.0 Å². The third-order valence-electron chi connectivity index (χ3n) is 7.06. The van der Waals surface area contributed by atoms with Crippen molar-refractivity contribution in [3.63, 3.8) is 0 Å². The molecule has 1 aliphatic heterocycles. The summed E-state index contributed by atoms with van der Waals surface area (Å²) in [4.78, 5) is 26.1. The SMILES string of the molecule is O=C1c2ccccc2C(=O)N1CCCCCS(=O)(=O)NC(c1ccc(F)c(OCC2CC2)c1)C1CC1. The Morgan fingerprint density at radius 3 is 2.31 bits per heavy atom. The Morgan fingerprint density at radius 2 is 1.67 bits per heavy atom. The number of ether oxygens (including phenoxy) is 1. The Morgan fingerprint density at radius 1 is 0.972 bits per heavy atom. The molecule has 1 heterocycles. The van der Waals surface area contributed by atoms with Crippen LogP contribution in [0.4, 0.5) is 4.39 Å². The minimum absolute atomic E-state index is 0.0510. The monoisotopic (exact) mass is 514 g/mol. The number of halogens is 1. The highest BCUT2D eigenvalue weighted by molar-refractivity contribution is 7.89. The van der Waals surface area contributed by atoms with Gasteiger partial charge in [-0.1, -0.05) is 24.6 Å². The van der Waals surface area contributed by atoms with E-state index in [1.54, 1.807) is 36.4 Å². The zero-order valence-corrected chi connectivity index (χ0v) is 20.9. The molecule has 2 saturated carbocycles. The molecule has 36 heavy (non-hydrogen) atoms. The largest absolute Gasteiger partial charge is 0.490 e. The first-order valence-corrected chi connectivity index (χ1v) is 14.3. The molecule has 3 aliphatic rings. The first-order valence-electron chi connectivity index (χ1n) is 12.7. The summed E-state index contributed by atoms with van der Waals surface area (Å²) in [5, 5.41) is 0. The van der Waals surface area contributed by atoms with E-state index in [1.165, 1.54) is 11.0 Å². The summed E-state index contributed by atoms with van der Waals surface area (Å²) in [5.74, 6) is -0.218. The Kier molecular flexibility index (Phi) is 7.12. The Labute approximate surface area is 211 Å². The average molecular weight is 515 g/mol. The number of sulfonamides is 1. The minimum Gasteiger partial charge on any atom is -0.490 e. The van der Waals surface area contributed by atoms with Crippen LogP contribution in [0.15, 0.2) is 42.5 Å². The van der Waals surface area contributed by atoms with Crippen LogP contribution in [0, 0.1) is 17.7 Å². The van der Waals surface area contributed by atoms with Crippen LogP contribution < -0.4 is 9.46 Å². The van der Waals surface area contributed by atoms with Gasteiger partial charge in [0.15, 0.2) is 11.6 Å². The lowest BCUT2D eigenvalue weighted by Gasteiger charge is -2.20. The van der Waals surface area contributed by atoms with E-state index >= 15 is 0 Å². The summed E-state index contributed by atoms with van der Waals surface area (Å²) in [7, 11) is -3.57. The van der Waals surface area contributed by atoms with Crippen molar-refractivity contribution in [2.45, 2.75) is 51.0 Å². The molecule has 5 rings (SSSR count). The summed E-state index contributed by atoms with van der Waals surface area (Å²) in [6.45, 7) is 0.755. The number of rotatable bonds is 13. The lowest BCUT2D eigenvalue weighted by molar-refractivity contribution is 0.0651. The molecule has 0 bridgehead atoms. The molecule has 7 nitrogen and oxygen atoms in total. The molecule has 2 aromatic carbocycles. The van der Waals surface area contributed by atoms with Crippen LogP contribution in [0.5, 0.6) is 5.75 Å². The fourth-order valence-electron chi connectivity index (χ4n) is 4.62. The Hall–Kier alpha value is -2.78. The highest BCUT2D eigenvalue weighted by atomic mass is 32.2. The fraction of sp³-hybridized carbons (Fsp3) is 0.481. The molecule has 1 N–H and O–H groups in total. The van der Waals surface area contributed by atoms with E-state index in [4.69, 9.17) is 4.74 Å². The van der Waals surface area contributed by atoms with E-state index < -0.39 is 21.9 Å². The predicted octanol–water partition coefficient (Wildman–Crippen LogP) is 4.45. The molecule has 2 amide bonds. The molecule has 1 unspecified atom stereocenters. The van der Waals surface area contributed by atoms with E-state index in [1.807, 2.05) is 0 Å². The van der Waals surface area contributed by atoms with Crippen molar-refractivity contribution in [2.75, 3.05) is 18.9 Å². The number of carbonyl (C=O) groups is 2. The van der Waals surface area contributed by atoms with Gasteiger partial charge in [-0.05, 0) is 80.2 Å². The van der Waals surface area contributed by atoms with Gasteiger partial charge in [-0.3, -0.25) is 14.5 Å². The highest BCUT2D eigenvalue weighted by Crippen LogP contribution is 2.42. The molecule has 2 aromatic rings. The number of hydrogen-bond donors (Lipinski definition) is 1. The van der Waals surface area contributed by atoms with E-state index in [9.17, 15) is 22.4 Å². The van der Waals surface area contributed by atoms with Gasteiger partial charge >= 0.3 is 0 Å². The van der Waals surface area contributed by atoms with Crippen LogP contribution in [-0.4, -0.2) is 44.0 Å². The number of unbranched alkanes of at least 4 members (excludes halogenated alkanes) is 2. The highest BCUT2D eigenvalue weighted by Gasteiger charge is 2.36. The van der Waals surface area contributed by atoms with E-state index in [2.05, 4.69) is 4.72 Å². The van der Waals surface area contributed by atoms with Crippen LogP contribution in [0.25, 0.3) is 0 Å². The predicted molar refractivity (Wildman–Crippen MR) is 133 cm³/mol. The molecule has 1 atom stereocenters. The molecule has 0 saturated heterocycles. The van der Waals surface area contributed by atoms with E-state index in [0.29, 0.717) is 42.9 Å². The topological polar surface area (TPSA) is 92.8 Å². The van der Waals surface area contributed by atoms with Crippen molar-refractivity contribution in [2.24, 2.45) is 11.8 Å². The Balaban J connectivity index is 1.12. The third-order valence-corrected chi connectivity index (χ3v) is 8.50. The molecular formula is C27H31FN2O5S. The number of fused-ring (bicyclic) bond motifs is 1. The lowest BCUT2D eigenvalue weighted by atomic mass is 10.0. The van der Waals surface area contributed by atoms with Gasteiger partial charge < -0.3 is 4.74 Å². The van der Waals surface area contributed by atoms with Crippen molar-refractivity contribution < 1.29 is 27.1 Å². The van der Waals surface area contributed by atoms with Crippen molar-refractivity contribution in [3.8, 4) is 5.75 Å². The summed E-state index contributed by atoms with van der Waals surface area (Å²) in [6, 6.07) is 11.0. The zero-order valence-electron chi connectivity index (χ0n) is 20.1. The van der Waals surface area contributed by atoms with Gasteiger partial charge in [0.2, 0.25) is 10.0 Å². The standard InChI is InChI=1S/C27H31FN2O5S/c28-23-13-12-20(16-24(23)35-17-18-8-9-18)25(19-10-11-19)29-36(33,34)15-5-1-4-14-30-26(31)21-6-2-3-7-22(21)27(30)32/h2-3,6-7,12-13,16,18-19,25,29H,1,4-5,8-11,14-15,17H2. The van der Waals surface area contributed by atoms with Gasteiger partial charge in [0.25, 0.3) is 11.8 Å². The van der Waals surface area contributed by atoms with Crippen LogP contribution in [0.1, 0.15) is 77.3 Å². The maximum Gasteiger partial charge on any atom is 0.261 e. The summed E-state index contributed by atoms with van der Waals surface area (Å²) in [5.41, 5.74) is 1.56. The van der Waals surface area contributed by atoms with Crippen LogP contribution in [0.3, 0.4) is 0 Å². The Bertz CT molecular complexity index is 1220. The summed E-state index contributed by atoms with van der Waals surface area (Å²) >= 11 is 0. The fourth-order valence-corrected chi connectivity index (χ4v) is 6.03. The van der Waals surface area contributed by atoms with E-state index in [0.717, 1.165) is 31.2 Å². The van der Waals surface area contributed by atoms with Gasteiger partial charge in [-0.2, -0.15) is 0 Å². The number of imide groups is 1. The van der Waals surface area contributed by atoms with Crippen molar-refractivity contribution in [1.29, 1.82) is 0 Å². The molecule has 0 aromatic heterocycles. The van der Waals surface area contributed by atoms with Gasteiger partial charge in [0, 0.05) is 12.6 Å². The number of hydrogen-bond acceptors (Lipinski definition) is 5. The second kappa shape index (κ2) is 10.3. The number of amides is 2. The molecule has 2 fully saturated rings. The first kappa shape index (κ1) is 24.9. The van der Waals surface area contributed by atoms with Gasteiger partial charge in [-0.25, -0.2) is 17.5 Å². The second-order valence-corrected chi connectivity index (χ2v) is 11.9. The smallest absolute Gasteiger partial charge is 0.261 e. The number of benzene rings is 2. The quantitative estimate of drug-likeness (QED) is 0.315. The summed E-state index contributed by atoms with van der Waals surface area (Å²) < 4.78 is 48.4. The minimum atomic E-state index is -3.57. The van der Waals surface area contributed by atoms with E-state index in [-0.39, 0.29) is 35.8 Å². The van der Waals surface area contributed by atoms with Gasteiger partial charge in [0.1, 0.15) is 0 Å². The zero-order chi connectivity index (χ0) is 25.3. The third kappa shape index (κ3) is 5.78. The van der Waals surface area contributed by atoms with Crippen LogP contribution >= 0.6 is 0 Å². The van der Waals surface area contributed by atoms with Gasteiger partial charge in [-0.15, -0.1) is 0 Å². The average Bonchev–Trinajstić information content (AvgIpc) is 3.78. The summed E-state index contributed by atoms with van der Waals surface area (Å²) in [6.07, 6.45) is 5.56. The number of carbonyl (C=O) groups excluding carboxylic acids is 2. The van der Waals surface area contributed by atoms with Crippen molar-refractivity contribution in [1.82, 2.24) is 9.62 Å². The molecule has 2 aliphatic carbocycles. The first-order chi connectivity index (χ1) is 17.3.